The molecule has 2 heteroatoms. The largest absolute Gasteiger partial charge is 0.396 e. The zero-order valence-electron chi connectivity index (χ0n) is 9.48. The molecule has 78 valence electrons. The van der Waals surface area contributed by atoms with E-state index in [1.165, 1.54) is 0 Å². The van der Waals surface area contributed by atoms with Crippen molar-refractivity contribution in [3.8, 4) is 0 Å². The Kier molecular flexibility index (Phi) is 45.6. The molecular weight excluding hydrogens is 150 g/mol. The summed E-state index contributed by atoms with van der Waals surface area (Å²) in [6, 6.07) is 0. The third kappa shape index (κ3) is 32.6. The highest BCUT2D eigenvalue weighted by atomic mass is 16.2. The second kappa shape index (κ2) is 30.7. The van der Waals surface area contributed by atoms with E-state index in [9.17, 15) is 0 Å². The number of hydrogen-bond donors (Lipinski definition) is 2. The lowest BCUT2D eigenvalue weighted by Gasteiger charge is -1.96. The minimum atomic E-state index is 0.325. The van der Waals surface area contributed by atoms with Crippen LogP contribution in [-0.2, 0) is 0 Å². The Morgan fingerprint density at radius 3 is 1.83 bits per heavy atom. The van der Waals surface area contributed by atoms with E-state index < -0.39 is 0 Å². The summed E-state index contributed by atoms with van der Waals surface area (Å²) >= 11 is 0. The van der Waals surface area contributed by atoms with Crippen LogP contribution in [0, 0.1) is 0 Å². The van der Waals surface area contributed by atoms with Crippen LogP contribution in [0.15, 0.2) is 0 Å². The number of aliphatic hydroxyl groups is 1. The predicted molar refractivity (Wildman–Crippen MR) is 57.6 cm³/mol. The fourth-order valence-corrected chi connectivity index (χ4v) is 0.539. The van der Waals surface area contributed by atoms with E-state index in [4.69, 9.17) is 5.11 Å². The molecule has 0 fully saturated rings. The van der Waals surface area contributed by atoms with Gasteiger partial charge in [0, 0.05) is 6.61 Å². The summed E-state index contributed by atoms with van der Waals surface area (Å²) in [5.41, 5.74) is 0. The molecule has 0 rings (SSSR count). The Hall–Kier alpha value is -0.0800. The first-order valence-electron chi connectivity index (χ1n) is 5.23. The van der Waals surface area contributed by atoms with Gasteiger partial charge in [0.05, 0.1) is 0 Å². The fraction of sp³-hybridized carbons (Fsp3) is 1.00. The minimum Gasteiger partial charge on any atom is -0.396 e. The number of nitrogens with one attached hydrogen (secondary N) is 1. The summed E-state index contributed by atoms with van der Waals surface area (Å²) in [5, 5.41) is 11.5. The van der Waals surface area contributed by atoms with Crippen molar-refractivity contribution in [3.63, 3.8) is 0 Å². The summed E-state index contributed by atoms with van der Waals surface area (Å²) in [6.07, 6.45) is 2.01. The van der Waals surface area contributed by atoms with Crippen LogP contribution in [0.25, 0.3) is 0 Å². The van der Waals surface area contributed by atoms with Crippen LogP contribution in [0.2, 0.25) is 0 Å². The van der Waals surface area contributed by atoms with Gasteiger partial charge in [-0.1, -0.05) is 34.6 Å². The van der Waals surface area contributed by atoms with E-state index in [0.29, 0.717) is 6.61 Å². The fourth-order valence-electron chi connectivity index (χ4n) is 0.539. The molecular formula is C10H27NO. The maximum atomic E-state index is 8.34. The molecule has 0 aromatic heterocycles. The second-order valence-corrected chi connectivity index (χ2v) is 1.78. The lowest BCUT2D eigenvalue weighted by molar-refractivity contribution is 0.284. The molecule has 0 aromatic rings. The van der Waals surface area contributed by atoms with Gasteiger partial charge in [0.15, 0.2) is 0 Å². The van der Waals surface area contributed by atoms with Gasteiger partial charge in [0.1, 0.15) is 0 Å². The van der Waals surface area contributed by atoms with E-state index >= 15 is 0 Å². The Balaban J connectivity index is -0.000000175. The van der Waals surface area contributed by atoms with Gasteiger partial charge in [-0.05, 0) is 25.9 Å². The number of unbranched alkanes of at least 4 members (excludes halogenated alkanes) is 1. The smallest absolute Gasteiger partial charge is 0.0431 e. The van der Waals surface area contributed by atoms with Crippen LogP contribution >= 0.6 is 0 Å². The molecule has 2 N–H and O–H groups in total. The molecule has 2 nitrogen and oxygen atoms in total. The number of rotatable bonds is 5. The van der Waals surface area contributed by atoms with Crippen molar-refractivity contribution in [1.82, 2.24) is 5.32 Å². The highest BCUT2D eigenvalue weighted by Gasteiger charge is 1.82. The highest BCUT2D eigenvalue weighted by Crippen LogP contribution is 1.81. The molecule has 0 heterocycles. The highest BCUT2D eigenvalue weighted by molar-refractivity contribution is 4.42. The van der Waals surface area contributed by atoms with Crippen molar-refractivity contribution in [2.45, 2.75) is 47.5 Å². The van der Waals surface area contributed by atoms with Crippen molar-refractivity contribution in [1.29, 1.82) is 0 Å². The summed E-state index contributed by atoms with van der Waals surface area (Å²) in [4.78, 5) is 0. The van der Waals surface area contributed by atoms with E-state index in [-0.39, 0.29) is 0 Å². The van der Waals surface area contributed by atoms with Gasteiger partial charge < -0.3 is 10.4 Å². The van der Waals surface area contributed by atoms with Crippen molar-refractivity contribution >= 4 is 0 Å². The van der Waals surface area contributed by atoms with Crippen LogP contribution in [0.4, 0.5) is 0 Å². The lowest BCUT2D eigenvalue weighted by Crippen LogP contribution is -2.13. The monoisotopic (exact) mass is 177 g/mol. The molecule has 0 atom stereocenters. The van der Waals surface area contributed by atoms with Crippen LogP contribution in [-0.4, -0.2) is 24.8 Å². The Bertz CT molecular complexity index is 34.8. The van der Waals surface area contributed by atoms with Gasteiger partial charge >= 0.3 is 0 Å². The number of aliphatic hydroxyl groups excluding tert-OH is 1. The van der Waals surface area contributed by atoms with E-state index in [1.807, 2.05) is 27.7 Å². The molecule has 0 aliphatic rings. The molecule has 0 radical (unpaired) electrons. The Morgan fingerprint density at radius 2 is 1.50 bits per heavy atom. The molecule has 0 bridgehead atoms. The topological polar surface area (TPSA) is 32.3 Å². The SMILES string of the molecule is CC.CC.CCNCCCCO. The van der Waals surface area contributed by atoms with E-state index in [0.717, 1.165) is 25.9 Å². The van der Waals surface area contributed by atoms with Crippen LogP contribution in [0.3, 0.4) is 0 Å². The standard InChI is InChI=1S/C6H15NO.2C2H6/c1-2-7-5-3-4-6-8;2*1-2/h7-8H,2-6H2,1H3;2*1-2H3. The molecule has 0 aliphatic heterocycles. The summed E-state index contributed by atoms with van der Waals surface area (Å²) in [7, 11) is 0. The average Bonchev–Trinajstić information content (AvgIpc) is 2.19. The molecule has 0 spiro atoms. The first-order chi connectivity index (χ1) is 5.91. The Labute approximate surface area is 78.4 Å². The van der Waals surface area contributed by atoms with Crippen molar-refractivity contribution < 1.29 is 5.11 Å². The van der Waals surface area contributed by atoms with Gasteiger partial charge in [-0.25, -0.2) is 0 Å². The van der Waals surface area contributed by atoms with Gasteiger partial charge in [-0.15, -0.1) is 0 Å². The summed E-state index contributed by atoms with van der Waals surface area (Å²) in [5.74, 6) is 0. The van der Waals surface area contributed by atoms with Crippen molar-refractivity contribution in [3.05, 3.63) is 0 Å². The van der Waals surface area contributed by atoms with Crippen molar-refractivity contribution in [2.24, 2.45) is 0 Å². The van der Waals surface area contributed by atoms with E-state index in [2.05, 4.69) is 12.2 Å². The van der Waals surface area contributed by atoms with Gasteiger partial charge in [0.2, 0.25) is 0 Å². The first kappa shape index (κ1) is 17.9. The second-order valence-electron chi connectivity index (χ2n) is 1.78. The van der Waals surface area contributed by atoms with Crippen LogP contribution in [0.5, 0.6) is 0 Å². The molecule has 0 aromatic carbocycles. The normalized spacial score (nSPS) is 7.50. The lowest BCUT2D eigenvalue weighted by atomic mass is 10.3. The maximum absolute atomic E-state index is 8.34. The summed E-state index contributed by atoms with van der Waals surface area (Å²) in [6.45, 7) is 12.5. The molecule has 0 saturated carbocycles. The predicted octanol–water partition coefficient (Wildman–Crippen LogP) is 2.42. The van der Waals surface area contributed by atoms with Gasteiger partial charge in [-0.2, -0.15) is 0 Å². The van der Waals surface area contributed by atoms with Crippen molar-refractivity contribution in [2.75, 3.05) is 19.7 Å². The zero-order chi connectivity index (χ0) is 10.2. The number of hydrogen-bond acceptors (Lipinski definition) is 2. The molecule has 12 heavy (non-hydrogen) atoms. The average molecular weight is 177 g/mol. The first-order valence-corrected chi connectivity index (χ1v) is 5.23. The quantitative estimate of drug-likeness (QED) is 0.632. The van der Waals surface area contributed by atoms with Gasteiger partial charge in [-0.3, -0.25) is 0 Å². The van der Waals surface area contributed by atoms with Crippen LogP contribution < -0.4 is 5.32 Å². The summed E-state index contributed by atoms with van der Waals surface area (Å²) < 4.78 is 0. The third-order valence-electron chi connectivity index (χ3n) is 1.01. The van der Waals surface area contributed by atoms with Gasteiger partial charge in [0.25, 0.3) is 0 Å². The molecule has 0 saturated heterocycles. The molecule has 0 amide bonds. The molecule has 0 unspecified atom stereocenters. The van der Waals surface area contributed by atoms with E-state index in [1.54, 1.807) is 0 Å². The Morgan fingerprint density at radius 1 is 1.00 bits per heavy atom. The maximum Gasteiger partial charge on any atom is 0.0431 e. The third-order valence-corrected chi connectivity index (χ3v) is 1.01. The minimum absolute atomic E-state index is 0.325. The van der Waals surface area contributed by atoms with Crippen LogP contribution in [0.1, 0.15) is 47.5 Å². The molecule has 0 aliphatic carbocycles. The zero-order valence-corrected chi connectivity index (χ0v) is 9.48.